The fourth-order valence-electron chi connectivity index (χ4n) is 3.08. The Hall–Kier alpha value is -2.87. The summed E-state index contributed by atoms with van der Waals surface area (Å²) in [5.41, 5.74) is 2.97. The number of amides is 2. The molecule has 2 amide bonds. The molecule has 0 atom stereocenters. The van der Waals surface area contributed by atoms with Gasteiger partial charge in [0.2, 0.25) is 0 Å². The van der Waals surface area contributed by atoms with Crippen molar-refractivity contribution in [1.29, 1.82) is 0 Å². The zero-order chi connectivity index (χ0) is 22.4. The minimum atomic E-state index is -0.586. The molecule has 0 aliphatic carbocycles. The molecular formula is C22H28N2O5S. The van der Waals surface area contributed by atoms with Crippen molar-refractivity contribution in [2.24, 2.45) is 0 Å². The average molecular weight is 433 g/mol. The molecule has 0 aliphatic heterocycles. The Labute approximate surface area is 180 Å². The zero-order valence-corrected chi connectivity index (χ0v) is 19.0. The molecule has 8 heteroatoms. The molecule has 0 saturated heterocycles. The Morgan fingerprint density at radius 1 is 1.17 bits per heavy atom. The van der Waals surface area contributed by atoms with E-state index in [-0.39, 0.29) is 29.7 Å². The molecular weight excluding hydrogens is 404 g/mol. The van der Waals surface area contributed by atoms with Gasteiger partial charge in [0.25, 0.3) is 11.8 Å². The van der Waals surface area contributed by atoms with E-state index in [1.54, 1.807) is 13.8 Å². The molecule has 2 aromatic rings. The first-order chi connectivity index (χ1) is 14.2. The summed E-state index contributed by atoms with van der Waals surface area (Å²) in [6.45, 7) is 9.54. The quantitative estimate of drug-likeness (QED) is 0.614. The first-order valence-electron chi connectivity index (χ1n) is 9.75. The fraction of sp³-hybridized carbons (Fsp3) is 0.409. The van der Waals surface area contributed by atoms with Gasteiger partial charge >= 0.3 is 5.97 Å². The van der Waals surface area contributed by atoms with Crippen LogP contribution in [0.1, 0.15) is 63.4 Å². The van der Waals surface area contributed by atoms with Crippen LogP contribution in [0.4, 0.5) is 5.00 Å². The van der Waals surface area contributed by atoms with Crippen LogP contribution in [0.5, 0.6) is 5.75 Å². The van der Waals surface area contributed by atoms with Gasteiger partial charge < -0.3 is 20.1 Å². The van der Waals surface area contributed by atoms with Gasteiger partial charge in [0, 0.05) is 7.05 Å². The second kappa shape index (κ2) is 10.2. The van der Waals surface area contributed by atoms with Gasteiger partial charge in [-0.25, -0.2) is 4.79 Å². The third-order valence-electron chi connectivity index (χ3n) is 4.55. The summed E-state index contributed by atoms with van der Waals surface area (Å²) >= 11 is 1.03. The Morgan fingerprint density at radius 3 is 2.43 bits per heavy atom. The van der Waals surface area contributed by atoms with E-state index in [0.29, 0.717) is 22.1 Å². The van der Waals surface area contributed by atoms with Gasteiger partial charge in [-0.15, -0.1) is 11.3 Å². The van der Waals surface area contributed by atoms with Crippen molar-refractivity contribution >= 4 is 34.1 Å². The molecule has 1 aromatic carbocycles. The van der Waals surface area contributed by atoms with Crippen LogP contribution in [0.3, 0.4) is 0 Å². The highest BCUT2D eigenvalue weighted by Crippen LogP contribution is 2.34. The van der Waals surface area contributed by atoms with Crippen molar-refractivity contribution in [2.75, 3.05) is 25.6 Å². The fourth-order valence-corrected chi connectivity index (χ4v) is 4.24. The Balaban J connectivity index is 2.16. The topological polar surface area (TPSA) is 93.7 Å². The number of carbonyl (C=O) groups excluding carboxylic acids is 3. The van der Waals surface area contributed by atoms with Gasteiger partial charge in [0.05, 0.1) is 17.0 Å². The van der Waals surface area contributed by atoms with Crippen LogP contribution in [-0.2, 0) is 9.53 Å². The van der Waals surface area contributed by atoms with Gasteiger partial charge in [-0.2, -0.15) is 0 Å². The van der Waals surface area contributed by atoms with Gasteiger partial charge in [-0.05, 0) is 55.5 Å². The van der Waals surface area contributed by atoms with Crippen LogP contribution < -0.4 is 15.4 Å². The average Bonchev–Trinajstić information content (AvgIpc) is 3.01. The van der Waals surface area contributed by atoms with E-state index in [9.17, 15) is 14.4 Å². The van der Waals surface area contributed by atoms with E-state index < -0.39 is 11.9 Å². The number of nitrogens with one attached hydrogen (secondary N) is 2. The Morgan fingerprint density at radius 2 is 1.87 bits per heavy atom. The minimum absolute atomic E-state index is 0.186. The predicted molar refractivity (Wildman–Crippen MR) is 118 cm³/mol. The standard InChI is InChI=1S/C22H28N2O5S/c1-7-28-22(27)18-14(5)19(20(26)23-6)30-21(18)24-17(25)11-29-15-8-9-16(12(2)3)13(4)10-15/h8-10,12H,7,11H2,1-6H3,(H,23,26)(H,24,25). The number of aryl methyl sites for hydroxylation is 1. The molecule has 1 heterocycles. The molecule has 2 rings (SSSR count). The van der Waals surface area contributed by atoms with E-state index in [2.05, 4.69) is 24.5 Å². The van der Waals surface area contributed by atoms with E-state index >= 15 is 0 Å². The van der Waals surface area contributed by atoms with E-state index in [0.717, 1.165) is 16.9 Å². The summed E-state index contributed by atoms with van der Waals surface area (Å²) in [5.74, 6) is -0.361. The number of esters is 1. The van der Waals surface area contributed by atoms with Crippen molar-refractivity contribution in [1.82, 2.24) is 5.32 Å². The van der Waals surface area contributed by atoms with E-state index in [4.69, 9.17) is 9.47 Å². The highest BCUT2D eigenvalue weighted by atomic mass is 32.1. The molecule has 7 nitrogen and oxygen atoms in total. The van der Waals surface area contributed by atoms with Crippen LogP contribution in [-0.4, -0.2) is 38.0 Å². The van der Waals surface area contributed by atoms with Crippen LogP contribution in [0.15, 0.2) is 18.2 Å². The van der Waals surface area contributed by atoms with E-state index in [1.807, 2.05) is 25.1 Å². The maximum atomic E-state index is 12.5. The van der Waals surface area contributed by atoms with Crippen molar-refractivity contribution in [3.05, 3.63) is 45.3 Å². The number of benzene rings is 1. The Bertz CT molecular complexity index is 949. The Kier molecular flexibility index (Phi) is 8.00. The molecule has 2 N–H and O–H groups in total. The molecule has 30 heavy (non-hydrogen) atoms. The highest BCUT2D eigenvalue weighted by molar-refractivity contribution is 7.18. The zero-order valence-electron chi connectivity index (χ0n) is 18.2. The largest absolute Gasteiger partial charge is 0.484 e. The lowest BCUT2D eigenvalue weighted by Gasteiger charge is -2.12. The van der Waals surface area contributed by atoms with E-state index in [1.165, 1.54) is 12.6 Å². The number of hydrogen-bond donors (Lipinski definition) is 2. The number of thiophene rings is 1. The maximum Gasteiger partial charge on any atom is 0.341 e. The van der Waals surface area contributed by atoms with Crippen molar-refractivity contribution in [2.45, 2.75) is 40.5 Å². The van der Waals surface area contributed by atoms with Crippen LogP contribution >= 0.6 is 11.3 Å². The normalized spacial score (nSPS) is 10.6. The summed E-state index contributed by atoms with van der Waals surface area (Å²) in [5, 5.41) is 5.48. The molecule has 0 aliphatic rings. The minimum Gasteiger partial charge on any atom is -0.484 e. The summed E-state index contributed by atoms with van der Waals surface area (Å²) in [7, 11) is 1.50. The van der Waals surface area contributed by atoms with Gasteiger partial charge in [-0.1, -0.05) is 19.9 Å². The highest BCUT2D eigenvalue weighted by Gasteiger charge is 2.26. The number of ether oxygens (including phenoxy) is 2. The van der Waals surface area contributed by atoms with Crippen LogP contribution in [0, 0.1) is 13.8 Å². The molecule has 0 spiro atoms. The van der Waals surface area contributed by atoms with Gasteiger partial charge in [0.1, 0.15) is 10.8 Å². The SMILES string of the molecule is CCOC(=O)c1c(NC(=O)COc2ccc(C(C)C)c(C)c2)sc(C(=O)NC)c1C. The first kappa shape index (κ1) is 23.4. The lowest BCUT2D eigenvalue weighted by Crippen LogP contribution is -2.21. The molecule has 0 bridgehead atoms. The third kappa shape index (κ3) is 5.38. The molecule has 1 aromatic heterocycles. The molecule has 0 fully saturated rings. The monoisotopic (exact) mass is 432 g/mol. The molecule has 0 saturated carbocycles. The third-order valence-corrected chi connectivity index (χ3v) is 5.75. The van der Waals surface area contributed by atoms with Gasteiger partial charge in [-0.3, -0.25) is 9.59 Å². The number of carbonyl (C=O) groups is 3. The lowest BCUT2D eigenvalue weighted by molar-refractivity contribution is -0.118. The number of rotatable bonds is 8. The second-order valence-corrected chi connectivity index (χ2v) is 8.09. The second-order valence-electron chi connectivity index (χ2n) is 7.07. The smallest absolute Gasteiger partial charge is 0.341 e. The summed E-state index contributed by atoms with van der Waals surface area (Å²) < 4.78 is 10.7. The number of anilines is 1. The lowest BCUT2D eigenvalue weighted by atomic mass is 9.98. The van der Waals surface area contributed by atoms with Crippen molar-refractivity contribution in [3.8, 4) is 5.75 Å². The number of hydrogen-bond acceptors (Lipinski definition) is 6. The first-order valence-corrected chi connectivity index (χ1v) is 10.6. The summed E-state index contributed by atoms with van der Waals surface area (Å²) in [6.07, 6.45) is 0. The van der Waals surface area contributed by atoms with Crippen molar-refractivity contribution < 1.29 is 23.9 Å². The maximum absolute atomic E-state index is 12.5. The molecule has 162 valence electrons. The molecule has 0 unspecified atom stereocenters. The summed E-state index contributed by atoms with van der Waals surface area (Å²) in [6, 6.07) is 5.72. The van der Waals surface area contributed by atoms with Crippen LogP contribution in [0.25, 0.3) is 0 Å². The van der Waals surface area contributed by atoms with Gasteiger partial charge in [0.15, 0.2) is 6.61 Å². The van der Waals surface area contributed by atoms with Crippen molar-refractivity contribution in [3.63, 3.8) is 0 Å². The van der Waals surface area contributed by atoms with Crippen LogP contribution in [0.2, 0.25) is 0 Å². The predicted octanol–water partition coefficient (Wildman–Crippen LogP) is 4.04. The summed E-state index contributed by atoms with van der Waals surface area (Å²) in [4.78, 5) is 37.3. The molecule has 0 radical (unpaired) electrons.